The van der Waals surface area contributed by atoms with Crippen molar-refractivity contribution in [1.29, 1.82) is 0 Å². The van der Waals surface area contributed by atoms with Crippen LogP contribution in [0.5, 0.6) is 5.75 Å². The molecule has 158 valence electrons. The summed E-state index contributed by atoms with van der Waals surface area (Å²) in [6.45, 7) is 9.95. The predicted molar refractivity (Wildman–Crippen MR) is 114 cm³/mol. The van der Waals surface area contributed by atoms with Crippen molar-refractivity contribution in [3.63, 3.8) is 0 Å². The number of likely N-dealkylation sites (tertiary alicyclic amines) is 1. The number of guanidine groups is 1. The van der Waals surface area contributed by atoms with Crippen LogP contribution in [0.3, 0.4) is 0 Å². The lowest BCUT2D eigenvalue weighted by atomic mass is 10.1. The van der Waals surface area contributed by atoms with Crippen LogP contribution < -0.4 is 10.1 Å². The molecule has 6 nitrogen and oxygen atoms in total. The molecule has 28 heavy (non-hydrogen) atoms. The molecule has 1 aliphatic rings. The molecule has 0 spiro atoms. The molecule has 1 aromatic carbocycles. The summed E-state index contributed by atoms with van der Waals surface area (Å²) in [7, 11) is 3.54. The zero-order valence-electron chi connectivity index (χ0n) is 17.9. The highest BCUT2D eigenvalue weighted by molar-refractivity contribution is 5.80. The smallest absolute Gasteiger partial charge is 0.193 e. The van der Waals surface area contributed by atoms with Crippen LogP contribution in [0, 0.1) is 11.8 Å². The van der Waals surface area contributed by atoms with Gasteiger partial charge < -0.3 is 24.4 Å². The predicted octanol–water partition coefficient (Wildman–Crippen LogP) is 3.17. The molecule has 1 unspecified atom stereocenters. The summed E-state index contributed by atoms with van der Waals surface area (Å²) in [5, 5.41) is 3.50. The van der Waals surface area contributed by atoms with Crippen molar-refractivity contribution in [3.8, 4) is 5.75 Å². The molecular weight excluding hydrogens is 354 g/mol. The fraction of sp³-hybridized carbons (Fsp3) is 0.682. The summed E-state index contributed by atoms with van der Waals surface area (Å²) < 4.78 is 16.7. The highest BCUT2D eigenvalue weighted by atomic mass is 16.5. The van der Waals surface area contributed by atoms with Crippen molar-refractivity contribution in [2.24, 2.45) is 16.8 Å². The second-order valence-corrected chi connectivity index (χ2v) is 7.71. The van der Waals surface area contributed by atoms with E-state index in [4.69, 9.17) is 14.2 Å². The van der Waals surface area contributed by atoms with Gasteiger partial charge in [0.25, 0.3) is 0 Å². The number of methoxy groups -OCH3 is 1. The maximum Gasteiger partial charge on any atom is 0.193 e. The fourth-order valence-electron chi connectivity index (χ4n) is 3.26. The highest BCUT2D eigenvalue weighted by Crippen LogP contribution is 2.20. The quantitative estimate of drug-likeness (QED) is 0.357. The zero-order chi connectivity index (χ0) is 20.2. The lowest BCUT2D eigenvalue weighted by Crippen LogP contribution is -2.40. The Balaban J connectivity index is 1.81. The zero-order valence-corrected chi connectivity index (χ0v) is 17.9. The van der Waals surface area contributed by atoms with Gasteiger partial charge in [-0.1, -0.05) is 32.0 Å². The van der Waals surface area contributed by atoms with E-state index in [0.29, 0.717) is 31.6 Å². The van der Waals surface area contributed by atoms with Gasteiger partial charge in [0.1, 0.15) is 5.75 Å². The molecule has 0 aromatic heterocycles. The van der Waals surface area contributed by atoms with E-state index >= 15 is 0 Å². The van der Waals surface area contributed by atoms with E-state index < -0.39 is 0 Å². The first kappa shape index (κ1) is 22.5. The number of nitrogens with zero attached hydrogens (tertiary/aromatic N) is 2. The van der Waals surface area contributed by atoms with Crippen molar-refractivity contribution in [2.45, 2.75) is 33.2 Å². The minimum absolute atomic E-state index is 0.544. The molecule has 0 bridgehead atoms. The van der Waals surface area contributed by atoms with Crippen LogP contribution in [0.1, 0.15) is 32.3 Å². The average Bonchev–Trinajstić information content (AvgIpc) is 3.15. The molecule has 6 heteroatoms. The maximum atomic E-state index is 6.00. The van der Waals surface area contributed by atoms with Gasteiger partial charge in [-0.05, 0) is 24.8 Å². The largest absolute Gasteiger partial charge is 0.493 e. The first-order chi connectivity index (χ1) is 13.6. The number of rotatable bonds is 11. The third-order valence-electron chi connectivity index (χ3n) is 4.94. The number of nitrogens with one attached hydrogen (secondary N) is 1. The Morgan fingerprint density at radius 3 is 2.82 bits per heavy atom. The molecule has 1 fully saturated rings. The average molecular weight is 392 g/mol. The van der Waals surface area contributed by atoms with E-state index in [2.05, 4.69) is 41.2 Å². The Hall–Kier alpha value is -1.79. The van der Waals surface area contributed by atoms with Gasteiger partial charge >= 0.3 is 0 Å². The van der Waals surface area contributed by atoms with Gasteiger partial charge in [-0.25, -0.2) is 0 Å². The van der Waals surface area contributed by atoms with E-state index in [9.17, 15) is 0 Å². The summed E-state index contributed by atoms with van der Waals surface area (Å²) in [4.78, 5) is 6.79. The van der Waals surface area contributed by atoms with Crippen LogP contribution in [-0.4, -0.2) is 64.5 Å². The number of ether oxygens (including phenoxy) is 3. The topological polar surface area (TPSA) is 55.3 Å². The molecule has 1 atom stereocenters. The van der Waals surface area contributed by atoms with Gasteiger partial charge in [-0.15, -0.1) is 0 Å². The summed E-state index contributed by atoms with van der Waals surface area (Å²) in [5.74, 6) is 3.08. The number of aliphatic imine (C=N–C) groups is 1. The van der Waals surface area contributed by atoms with E-state index in [1.165, 1.54) is 0 Å². The summed E-state index contributed by atoms with van der Waals surface area (Å²) in [6.07, 6.45) is 2.19. The number of benzene rings is 1. The minimum Gasteiger partial charge on any atom is -0.493 e. The molecule has 0 saturated carbocycles. The van der Waals surface area contributed by atoms with Crippen LogP contribution >= 0.6 is 0 Å². The Bertz CT molecular complexity index is 592. The third kappa shape index (κ3) is 7.68. The molecule has 1 aliphatic heterocycles. The minimum atomic E-state index is 0.544. The van der Waals surface area contributed by atoms with Gasteiger partial charge in [-0.2, -0.15) is 0 Å². The van der Waals surface area contributed by atoms with Crippen LogP contribution in [0.25, 0.3) is 0 Å². The van der Waals surface area contributed by atoms with Crippen LogP contribution in [0.2, 0.25) is 0 Å². The summed E-state index contributed by atoms with van der Waals surface area (Å²) in [6, 6.07) is 8.24. The van der Waals surface area contributed by atoms with E-state index in [0.717, 1.165) is 56.4 Å². The normalized spacial score (nSPS) is 17.4. The molecule has 1 N–H and O–H groups in total. The van der Waals surface area contributed by atoms with Crippen molar-refractivity contribution in [1.82, 2.24) is 10.2 Å². The third-order valence-corrected chi connectivity index (χ3v) is 4.94. The number of hydrogen-bond donors (Lipinski definition) is 1. The second kappa shape index (κ2) is 12.6. The Morgan fingerprint density at radius 1 is 1.25 bits per heavy atom. The van der Waals surface area contributed by atoms with Gasteiger partial charge in [0, 0.05) is 45.3 Å². The second-order valence-electron chi connectivity index (χ2n) is 7.71. The van der Waals surface area contributed by atoms with Gasteiger partial charge in [-0.3, -0.25) is 4.99 Å². The molecule has 2 rings (SSSR count). The Labute approximate surface area is 170 Å². The number of hydrogen-bond acceptors (Lipinski definition) is 4. The van der Waals surface area contributed by atoms with Crippen LogP contribution in [-0.2, 0) is 16.0 Å². The first-order valence-electron chi connectivity index (χ1n) is 10.4. The molecule has 1 saturated heterocycles. The van der Waals surface area contributed by atoms with E-state index in [-0.39, 0.29) is 0 Å². The lowest BCUT2D eigenvalue weighted by molar-refractivity contribution is 0.0536. The molecule has 0 amide bonds. The van der Waals surface area contributed by atoms with Gasteiger partial charge in [0.15, 0.2) is 5.96 Å². The Kier molecular flexibility index (Phi) is 10.1. The molecular formula is C22H37N3O3. The summed E-state index contributed by atoms with van der Waals surface area (Å²) >= 11 is 0. The van der Waals surface area contributed by atoms with Gasteiger partial charge in [0.05, 0.1) is 26.4 Å². The Morgan fingerprint density at radius 2 is 2.07 bits per heavy atom. The van der Waals surface area contributed by atoms with E-state index in [1.54, 1.807) is 7.11 Å². The highest BCUT2D eigenvalue weighted by Gasteiger charge is 2.25. The maximum absolute atomic E-state index is 6.00. The van der Waals surface area contributed by atoms with E-state index in [1.807, 2.05) is 19.2 Å². The van der Waals surface area contributed by atoms with Crippen molar-refractivity contribution in [2.75, 3.05) is 53.7 Å². The molecule has 0 aliphatic carbocycles. The molecule has 1 aromatic rings. The van der Waals surface area contributed by atoms with Crippen molar-refractivity contribution in [3.05, 3.63) is 29.8 Å². The summed E-state index contributed by atoms with van der Waals surface area (Å²) in [5.41, 5.74) is 1.16. The van der Waals surface area contributed by atoms with Crippen molar-refractivity contribution >= 4 is 5.96 Å². The van der Waals surface area contributed by atoms with Crippen LogP contribution in [0.4, 0.5) is 0 Å². The monoisotopic (exact) mass is 391 g/mol. The lowest BCUT2D eigenvalue weighted by Gasteiger charge is -2.22. The first-order valence-corrected chi connectivity index (χ1v) is 10.4. The SMILES string of the molecule is CN=C(NCc1ccccc1OCCC(C)C)N1CCC(COCCOC)C1. The fourth-order valence-corrected chi connectivity index (χ4v) is 3.26. The molecule has 0 radical (unpaired) electrons. The van der Waals surface area contributed by atoms with Crippen molar-refractivity contribution < 1.29 is 14.2 Å². The standard InChI is InChI=1S/C22H37N3O3/c1-18(2)10-12-28-21-8-6-5-7-20(21)15-24-22(23-3)25-11-9-19(16-25)17-27-14-13-26-4/h5-8,18-19H,9-17H2,1-4H3,(H,23,24). The van der Waals surface area contributed by atoms with Gasteiger partial charge in [0.2, 0.25) is 0 Å². The number of para-hydroxylation sites is 1. The molecule has 1 heterocycles. The van der Waals surface area contributed by atoms with Crippen LogP contribution in [0.15, 0.2) is 29.3 Å².